The smallest absolute Gasteiger partial charge is 0.353 e. The van der Waals surface area contributed by atoms with Gasteiger partial charge >= 0.3 is 11.9 Å². The molecule has 0 bridgehead atoms. The molecule has 0 spiro atoms. The second-order valence-electron chi connectivity index (χ2n) is 4.33. The van der Waals surface area contributed by atoms with Crippen LogP contribution in [0.25, 0.3) is 0 Å². The molecule has 120 valence electrons. The summed E-state index contributed by atoms with van der Waals surface area (Å²) in [5, 5.41) is 9.39. The Hall–Kier alpha value is -2.66. The fraction of sp³-hybridized carbons (Fsp3) is 0.500. The van der Waals surface area contributed by atoms with Crippen LogP contribution < -0.4 is 11.0 Å². The van der Waals surface area contributed by atoms with Gasteiger partial charge in [-0.25, -0.2) is 19.1 Å². The molecule has 0 aliphatic carbocycles. The van der Waals surface area contributed by atoms with Crippen LogP contribution in [0.15, 0.2) is 17.4 Å². The molecule has 2 aromatic rings. The van der Waals surface area contributed by atoms with E-state index in [1.807, 2.05) is 0 Å². The third kappa shape index (κ3) is 3.51. The molecule has 1 amide bonds. The number of rotatable bonds is 5. The first-order valence-electron chi connectivity index (χ1n) is 6.09. The minimum Gasteiger partial charge on any atom is -0.353 e. The number of carbonyl (C=O) groups is 1. The van der Waals surface area contributed by atoms with Gasteiger partial charge in [-0.05, 0) is 0 Å². The van der Waals surface area contributed by atoms with Gasteiger partial charge in [-0.2, -0.15) is 18.3 Å². The van der Waals surface area contributed by atoms with Gasteiger partial charge in [0.05, 0.1) is 6.54 Å². The van der Waals surface area contributed by atoms with Crippen molar-refractivity contribution in [2.45, 2.75) is 19.3 Å². The summed E-state index contributed by atoms with van der Waals surface area (Å²) in [5.74, 6) is -1.70. The first kappa shape index (κ1) is 15.7. The third-order valence-electron chi connectivity index (χ3n) is 2.71. The van der Waals surface area contributed by atoms with Gasteiger partial charge in [0.15, 0.2) is 0 Å². The molecular formula is C10H12F3N7O2. The van der Waals surface area contributed by atoms with E-state index >= 15 is 0 Å². The molecule has 0 saturated heterocycles. The molecule has 0 aliphatic rings. The molecule has 0 fully saturated rings. The number of alkyl halides is 3. The summed E-state index contributed by atoms with van der Waals surface area (Å²) in [7, 11) is 0.984. The Morgan fingerprint density at radius 2 is 2.14 bits per heavy atom. The Morgan fingerprint density at radius 3 is 2.68 bits per heavy atom. The Bertz CT molecular complexity index is 701. The van der Waals surface area contributed by atoms with Gasteiger partial charge in [-0.1, -0.05) is 0 Å². The van der Waals surface area contributed by atoms with Gasteiger partial charge in [-0.15, -0.1) is 5.10 Å². The maximum atomic E-state index is 12.6. The lowest BCUT2D eigenvalue weighted by molar-refractivity contribution is -0.147. The van der Waals surface area contributed by atoms with Gasteiger partial charge < -0.3 is 5.32 Å². The number of hydrogen-bond acceptors (Lipinski definition) is 5. The van der Waals surface area contributed by atoms with E-state index in [0.29, 0.717) is 9.25 Å². The average Bonchev–Trinajstić information content (AvgIpc) is 3.01. The van der Waals surface area contributed by atoms with E-state index in [-0.39, 0.29) is 19.6 Å². The van der Waals surface area contributed by atoms with Crippen molar-refractivity contribution >= 4 is 5.91 Å². The lowest BCUT2D eigenvalue weighted by atomic mass is 10.5. The largest absolute Gasteiger partial charge is 0.451 e. The van der Waals surface area contributed by atoms with Crippen molar-refractivity contribution < 1.29 is 18.0 Å². The molecule has 22 heavy (non-hydrogen) atoms. The predicted molar refractivity (Wildman–Crippen MR) is 65.5 cm³/mol. The average molecular weight is 319 g/mol. The van der Waals surface area contributed by atoms with Gasteiger partial charge in [-0.3, -0.25) is 9.36 Å². The second kappa shape index (κ2) is 5.99. The zero-order chi connectivity index (χ0) is 16.3. The topological polar surface area (TPSA) is 99.6 Å². The quantitative estimate of drug-likeness (QED) is 0.763. The molecule has 1 N–H and O–H groups in total. The number of nitrogens with one attached hydrogen (secondary N) is 1. The Morgan fingerprint density at radius 1 is 1.41 bits per heavy atom. The Kier molecular flexibility index (Phi) is 4.28. The molecule has 2 aromatic heterocycles. The molecule has 0 atom stereocenters. The number of nitrogens with zero attached hydrogens (tertiary/aromatic N) is 6. The van der Waals surface area contributed by atoms with Crippen LogP contribution in [0, 0.1) is 0 Å². The summed E-state index contributed by atoms with van der Waals surface area (Å²) < 4.78 is 40.1. The van der Waals surface area contributed by atoms with Crippen molar-refractivity contribution in [2.75, 3.05) is 6.54 Å². The lowest BCUT2D eigenvalue weighted by Gasteiger charge is -2.04. The minimum atomic E-state index is -4.71. The molecule has 9 nitrogen and oxygen atoms in total. The van der Waals surface area contributed by atoms with Crippen LogP contribution in [-0.4, -0.2) is 41.6 Å². The first-order chi connectivity index (χ1) is 10.3. The SMILES string of the molecule is Cn1c(C(F)(F)F)nn(CCNC(=O)Cn2cncn2)c1=O. The maximum absolute atomic E-state index is 12.6. The summed E-state index contributed by atoms with van der Waals surface area (Å²) in [5.41, 5.74) is -0.905. The first-order valence-corrected chi connectivity index (χ1v) is 6.09. The molecule has 2 rings (SSSR count). The zero-order valence-corrected chi connectivity index (χ0v) is 11.4. The van der Waals surface area contributed by atoms with Gasteiger partial charge in [0.25, 0.3) is 0 Å². The fourth-order valence-electron chi connectivity index (χ4n) is 1.70. The summed E-state index contributed by atoms with van der Waals surface area (Å²) >= 11 is 0. The van der Waals surface area contributed by atoms with E-state index in [2.05, 4.69) is 20.5 Å². The molecular weight excluding hydrogens is 307 g/mol. The molecule has 0 unspecified atom stereocenters. The number of aromatic nitrogens is 6. The van der Waals surface area contributed by atoms with Crippen LogP contribution in [0.5, 0.6) is 0 Å². The predicted octanol–water partition coefficient (Wildman–Crippen LogP) is -0.992. The Labute approximate surface area is 121 Å². The standard InChI is InChI=1S/C10H12F3N7O2/c1-18-8(10(11,12)13)17-20(9(18)22)3-2-15-7(21)4-19-6-14-5-16-19/h5-6H,2-4H2,1H3,(H,15,21). The highest BCUT2D eigenvalue weighted by Crippen LogP contribution is 2.25. The number of carbonyl (C=O) groups excluding carboxylic acids is 1. The summed E-state index contributed by atoms with van der Waals surface area (Å²) in [6.07, 6.45) is -2.10. The van der Waals surface area contributed by atoms with E-state index in [1.165, 1.54) is 17.3 Å². The molecule has 12 heteroatoms. The van der Waals surface area contributed by atoms with Crippen LogP contribution in [0.4, 0.5) is 13.2 Å². The number of hydrogen-bond donors (Lipinski definition) is 1. The second-order valence-corrected chi connectivity index (χ2v) is 4.33. The third-order valence-corrected chi connectivity index (χ3v) is 2.71. The minimum absolute atomic E-state index is 0.0399. The highest BCUT2D eigenvalue weighted by atomic mass is 19.4. The van der Waals surface area contributed by atoms with Crippen LogP contribution in [0.3, 0.4) is 0 Å². The van der Waals surface area contributed by atoms with Crippen molar-refractivity contribution in [3.05, 3.63) is 29.0 Å². The monoisotopic (exact) mass is 319 g/mol. The fourth-order valence-corrected chi connectivity index (χ4v) is 1.70. The molecule has 0 aliphatic heterocycles. The van der Waals surface area contributed by atoms with E-state index in [1.54, 1.807) is 0 Å². The van der Waals surface area contributed by atoms with E-state index in [0.717, 1.165) is 7.05 Å². The summed E-state index contributed by atoms with van der Waals surface area (Å²) in [6.45, 7) is -0.293. The molecule has 0 radical (unpaired) electrons. The summed E-state index contributed by atoms with van der Waals surface area (Å²) in [4.78, 5) is 26.8. The summed E-state index contributed by atoms with van der Waals surface area (Å²) in [6, 6.07) is 0. The van der Waals surface area contributed by atoms with Gasteiger partial charge in [0.2, 0.25) is 11.7 Å². The van der Waals surface area contributed by atoms with Crippen molar-refractivity contribution in [1.29, 1.82) is 0 Å². The molecule has 2 heterocycles. The zero-order valence-electron chi connectivity index (χ0n) is 11.4. The highest BCUT2D eigenvalue weighted by Gasteiger charge is 2.37. The molecule has 0 saturated carbocycles. The molecule has 0 aromatic carbocycles. The van der Waals surface area contributed by atoms with Crippen molar-refractivity contribution in [1.82, 2.24) is 34.4 Å². The highest BCUT2D eigenvalue weighted by molar-refractivity contribution is 5.75. The van der Waals surface area contributed by atoms with Crippen LogP contribution in [0.1, 0.15) is 5.82 Å². The Balaban J connectivity index is 1.92. The number of amides is 1. The number of halogens is 3. The normalized spacial score (nSPS) is 11.6. The van der Waals surface area contributed by atoms with Crippen LogP contribution >= 0.6 is 0 Å². The lowest BCUT2D eigenvalue weighted by Crippen LogP contribution is -2.33. The van der Waals surface area contributed by atoms with Crippen molar-refractivity contribution in [3.63, 3.8) is 0 Å². The van der Waals surface area contributed by atoms with Crippen LogP contribution in [0.2, 0.25) is 0 Å². The van der Waals surface area contributed by atoms with Gasteiger partial charge in [0.1, 0.15) is 19.2 Å². The van der Waals surface area contributed by atoms with E-state index in [9.17, 15) is 22.8 Å². The maximum Gasteiger partial charge on any atom is 0.451 e. The van der Waals surface area contributed by atoms with Crippen LogP contribution in [-0.2, 0) is 31.1 Å². The van der Waals surface area contributed by atoms with E-state index < -0.39 is 23.6 Å². The van der Waals surface area contributed by atoms with E-state index in [4.69, 9.17) is 0 Å². The van der Waals surface area contributed by atoms with Crippen molar-refractivity contribution in [2.24, 2.45) is 7.05 Å². The van der Waals surface area contributed by atoms with Crippen molar-refractivity contribution in [3.8, 4) is 0 Å². The van der Waals surface area contributed by atoms with Gasteiger partial charge in [0, 0.05) is 13.6 Å².